The number of hydrogen-bond acceptors (Lipinski definition) is 5. The number of ketones is 1. The van der Waals surface area contributed by atoms with Crippen LogP contribution >= 0.6 is 34.5 Å². The third-order valence-electron chi connectivity index (χ3n) is 4.76. The Morgan fingerprint density at radius 1 is 1.21 bits per heavy atom. The van der Waals surface area contributed by atoms with E-state index in [0.717, 1.165) is 5.56 Å². The molecule has 0 spiro atoms. The number of aryl methyl sites for hydroxylation is 1. The number of hydrogen-bond donors (Lipinski definition) is 2. The molecule has 1 amide bonds. The number of hydroxylamine groups is 1. The Labute approximate surface area is 177 Å². The molecule has 1 aromatic carbocycles. The second-order valence-electron chi connectivity index (χ2n) is 7.19. The van der Waals surface area contributed by atoms with Crippen molar-refractivity contribution < 1.29 is 14.4 Å². The minimum absolute atomic E-state index is 0.217. The van der Waals surface area contributed by atoms with E-state index in [-0.39, 0.29) is 11.7 Å². The molecule has 0 aliphatic carbocycles. The lowest BCUT2D eigenvalue weighted by Crippen LogP contribution is -2.55. The van der Waals surface area contributed by atoms with Crippen LogP contribution in [0.2, 0.25) is 9.36 Å². The summed E-state index contributed by atoms with van der Waals surface area (Å²) >= 11 is 13.4. The van der Waals surface area contributed by atoms with Gasteiger partial charge in [-0.05, 0) is 57.5 Å². The molecule has 2 heterocycles. The van der Waals surface area contributed by atoms with E-state index in [4.69, 9.17) is 28.0 Å². The Bertz CT molecular complexity index is 982. The molecule has 0 fully saturated rings. The average Bonchev–Trinajstić information content (AvgIpc) is 3.03. The Hall–Kier alpha value is -1.86. The molecule has 1 atom stereocenters. The second kappa shape index (κ2) is 7.87. The Morgan fingerprint density at radius 2 is 1.93 bits per heavy atom. The van der Waals surface area contributed by atoms with E-state index in [9.17, 15) is 9.59 Å². The summed E-state index contributed by atoms with van der Waals surface area (Å²) in [5.41, 5.74) is 3.54. The maximum Gasteiger partial charge on any atom is 0.232 e. The number of nitrogens with one attached hydrogen (secondary N) is 2. The molecule has 0 saturated carbocycles. The van der Waals surface area contributed by atoms with Gasteiger partial charge in [0.05, 0.1) is 15.3 Å². The van der Waals surface area contributed by atoms with Crippen molar-refractivity contribution in [3.8, 4) is 0 Å². The summed E-state index contributed by atoms with van der Waals surface area (Å²) in [5, 5.41) is 3.39. The van der Waals surface area contributed by atoms with Gasteiger partial charge in [0.1, 0.15) is 11.8 Å². The molecular formula is C20H20Cl2N2O3S. The fourth-order valence-electron chi connectivity index (χ4n) is 2.93. The molecule has 0 bridgehead atoms. The summed E-state index contributed by atoms with van der Waals surface area (Å²) in [6.45, 7) is 6.96. The van der Waals surface area contributed by atoms with Crippen molar-refractivity contribution in [2.45, 2.75) is 33.7 Å². The lowest BCUT2D eigenvalue weighted by atomic mass is 9.78. The molecule has 0 saturated heterocycles. The van der Waals surface area contributed by atoms with E-state index in [1.54, 1.807) is 45.0 Å². The number of benzene rings is 1. The average molecular weight is 439 g/mol. The summed E-state index contributed by atoms with van der Waals surface area (Å²) in [6.07, 6.45) is 0. The number of carbonyl (C=O) groups excluding carboxylic acids is 2. The third kappa shape index (κ3) is 3.96. The number of amides is 1. The zero-order valence-corrected chi connectivity index (χ0v) is 18.2. The topological polar surface area (TPSA) is 67.4 Å². The standard InChI is InChI=1S/C20H20Cl2N2O3S/c1-10-5-6-12(21)9-13(10)23-19(26)20(3,4)18-17(25)16(11(2)27-24-18)14-7-8-15(22)28-14/h5-9,18,24H,1-4H3,(H,23,26). The predicted octanol–water partition coefficient (Wildman–Crippen LogP) is 5.23. The minimum Gasteiger partial charge on any atom is -0.412 e. The van der Waals surface area contributed by atoms with Crippen LogP contribution < -0.4 is 10.8 Å². The normalized spacial score (nSPS) is 17.5. The van der Waals surface area contributed by atoms with Gasteiger partial charge in [0.25, 0.3) is 0 Å². The first-order valence-corrected chi connectivity index (χ1v) is 10.2. The van der Waals surface area contributed by atoms with Crippen LogP contribution in [0.4, 0.5) is 5.69 Å². The largest absolute Gasteiger partial charge is 0.412 e. The van der Waals surface area contributed by atoms with Crippen LogP contribution in [0.15, 0.2) is 36.1 Å². The van der Waals surface area contributed by atoms with E-state index >= 15 is 0 Å². The predicted molar refractivity (Wildman–Crippen MR) is 114 cm³/mol. The Kier molecular flexibility index (Phi) is 5.87. The molecule has 3 rings (SSSR count). The van der Waals surface area contributed by atoms with Crippen LogP contribution in [0.25, 0.3) is 5.57 Å². The zero-order valence-electron chi connectivity index (χ0n) is 15.9. The summed E-state index contributed by atoms with van der Waals surface area (Å²) in [7, 11) is 0. The highest BCUT2D eigenvalue weighted by Crippen LogP contribution is 2.37. The maximum atomic E-state index is 13.2. The quantitative estimate of drug-likeness (QED) is 0.685. The second-order valence-corrected chi connectivity index (χ2v) is 9.34. The van der Waals surface area contributed by atoms with Gasteiger partial charge in [-0.3, -0.25) is 9.59 Å². The molecule has 1 aliphatic rings. The van der Waals surface area contributed by atoms with Gasteiger partial charge in [0.2, 0.25) is 5.91 Å². The van der Waals surface area contributed by atoms with Gasteiger partial charge in [-0.25, -0.2) is 0 Å². The smallest absolute Gasteiger partial charge is 0.232 e. The number of thiophene rings is 1. The van der Waals surface area contributed by atoms with Gasteiger partial charge >= 0.3 is 0 Å². The van der Waals surface area contributed by atoms with E-state index in [1.165, 1.54) is 11.3 Å². The van der Waals surface area contributed by atoms with Crippen molar-refractivity contribution >= 4 is 57.5 Å². The highest BCUT2D eigenvalue weighted by Gasteiger charge is 2.46. The fraction of sp³-hybridized carbons (Fsp3) is 0.300. The summed E-state index contributed by atoms with van der Waals surface area (Å²) in [6, 6.07) is 7.89. The number of carbonyl (C=O) groups is 2. The molecule has 8 heteroatoms. The summed E-state index contributed by atoms with van der Waals surface area (Å²) < 4.78 is 0.576. The van der Waals surface area contributed by atoms with Crippen molar-refractivity contribution in [3.05, 3.63) is 55.9 Å². The molecule has 148 valence electrons. The van der Waals surface area contributed by atoms with Gasteiger partial charge in [-0.15, -0.1) is 16.8 Å². The molecule has 0 radical (unpaired) electrons. The maximum absolute atomic E-state index is 13.2. The van der Waals surface area contributed by atoms with Crippen molar-refractivity contribution in [2.75, 3.05) is 5.32 Å². The van der Waals surface area contributed by atoms with Crippen LogP contribution in [0, 0.1) is 12.3 Å². The SMILES string of the molecule is CC1=C(c2ccc(Cl)s2)C(=O)C(C(C)(C)C(=O)Nc2cc(Cl)ccc2C)NO1. The van der Waals surface area contributed by atoms with Crippen LogP contribution in [0.5, 0.6) is 0 Å². The number of anilines is 1. The Balaban J connectivity index is 1.88. The van der Waals surface area contributed by atoms with Crippen molar-refractivity contribution in [2.24, 2.45) is 5.41 Å². The third-order valence-corrected chi connectivity index (χ3v) is 6.25. The highest BCUT2D eigenvalue weighted by molar-refractivity contribution is 7.17. The first kappa shape index (κ1) is 20.9. The fourth-order valence-corrected chi connectivity index (χ4v) is 4.24. The number of halogens is 2. The lowest BCUT2D eigenvalue weighted by Gasteiger charge is -2.35. The summed E-state index contributed by atoms with van der Waals surface area (Å²) in [4.78, 5) is 32.5. The van der Waals surface area contributed by atoms with Crippen molar-refractivity contribution in [1.82, 2.24) is 5.48 Å². The van der Waals surface area contributed by atoms with Gasteiger partial charge < -0.3 is 10.2 Å². The van der Waals surface area contributed by atoms with Gasteiger partial charge in [-0.1, -0.05) is 29.3 Å². The molecule has 2 aromatic rings. The molecule has 1 aromatic heterocycles. The molecular weight excluding hydrogens is 419 g/mol. The van der Waals surface area contributed by atoms with E-state index < -0.39 is 11.5 Å². The first-order valence-electron chi connectivity index (χ1n) is 8.62. The van der Waals surface area contributed by atoms with Crippen LogP contribution in [0.1, 0.15) is 31.2 Å². The van der Waals surface area contributed by atoms with Gasteiger partial charge in [-0.2, -0.15) is 0 Å². The van der Waals surface area contributed by atoms with E-state index in [2.05, 4.69) is 10.8 Å². The molecule has 2 N–H and O–H groups in total. The molecule has 5 nitrogen and oxygen atoms in total. The van der Waals surface area contributed by atoms with E-state index in [0.29, 0.717) is 31.3 Å². The van der Waals surface area contributed by atoms with Crippen LogP contribution in [-0.2, 0) is 14.4 Å². The number of rotatable bonds is 4. The number of Topliss-reactive ketones (excluding diaryl/α,β-unsaturated/α-hetero) is 1. The monoisotopic (exact) mass is 438 g/mol. The summed E-state index contributed by atoms with van der Waals surface area (Å²) in [5.74, 6) is -0.0951. The molecule has 28 heavy (non-hydrogen) atoms. The van der Waals surface area contributed by atoms with Crippen LogP contribution in [0.3, 0.4) is 0 Å². The molecule has 1 unspecified atom stereocenters. The van der Waals surface area contributed by atoms with Crippen molar-refractivity contribution in [3.63, 3.8) is 0 Å². The Morgan fingerprint density at radius 3 is 2.57 bits per heavy atom. The van der Waals surface area contributed by atoms with Gasteiger partial charge in [0.15, 0.2) is 5.78 Å². The zero-order chi connectivity index (χ0) is 20.6. The first-order chi connectivity index (χ1) is 13.1. The lowest BCUT2D eigenvalue weighted by molar-refractivity contribution is -0.136. The van der Waals surface area contributed by atoms with E-state index in [1.807, 2.05) is 13.0 Å². The van der Waals surface area contributed by atoms with Gasteiger partial charge in [0, 0.05) is 15.6 Å². The number of allylic oxidation sites excluding steroid dienone is 1. The molecule has 1 aliphatic heterocycles. The highest BCUT2D eigenvalue weighted by atomic mass is 35.5. The minimum atomic E-state index is -1.10. The van der Waals surface area contributed by atoms with Crippen molar-refractivity contribution in [1.29, 1.82) is 0 Å². The van der Waals surface area contributed by atoms with Crippen LogP contribution in [-0.4, -0.2) is 17.7 Å².